The van der Waals surface area contributed by atoms with Crippen LogP contribution in [0.3, 0.4) is 0 Å². The van der Waals surface area contributed by atoms with Crippen LogP contribution in [0, 0.1) is 18.8 Å². The Kier molecular flexibility index (Phi) is 4.85. The molecule has 0 radical (unpaired) electrons. The molecule has 4 heteroatoms. The number of hydrogen-bond acceptors (Lipinski definition) is 4. The van der Waals surface area contributed by atoms with Crippen molar-refractivity contribution >= 4 is 16.5 Å². The van der Waals surface area contributed by atoms with Gasteiger partial charge in [-0.2, -0.15) is 0 Å². The third-order valence-corrected chi connectivity index (χ3v) is 5.38. The minimum absolute atomic E-state index is 0.529. The van der Waals surface area contributed by atoms with Gasteiger partial charge in [0.05, 0.1) is 5.69 Å². The van der Waals surface area contributed by atoms with Gasteiger partial charge in [-0.15, -0.1) is 11.3 Å². The highest BCUT2D eigenvalue weighted by molar-refractivity contribution is 7.15. The lowest BCUT2D eigenvalue weighted by molar-refractivity contribution is 0.324. The molecule has 0 spiro atoms. The highest BCUT2D eigenvalue weighted by atomic mass is 32.1. The number of aryl methyl sites for hydroxylation is 1. The van der Waals surface area contributed by atoms with Crippen molar-refractivity contribution in [3.63, 3.8) is 0 Å². The van der Waals surface area contributed by atoms with E-state index < -0.39 is 0 Å². The lowest BCUT2D eigenvalue weighted by atomic mass is 9.89. The van der Waals surface area contributed by atoms with Crippen molar-refractivity contribution in [3.8, 4) is 0 Å². The van der Waals surface area contributed by atoms with Crippen molar-refractivity contribution in [2.75, 3.05) is 18.0 Å². The zero-order chi connectivity index (χ0) is 14.0. The second kappa shape index (κ2) is 6.23. The largest absolute Gasteiger partial charge is 0.348 e. The van der Waals surface area contributed by atoms with E-state index in [1.54, 1.807) is 0 Å². The van der Waals surface area contributed by atoms with Crippen LogP contribution in [0.5, 0.6) is 0 Å². The number of rotatable bonds is 4. The van der Waals surface area contributed by atoms with Crippen LogP contribution in [0.4, 0.5) is 5.13 Å². The van der Waals surface area contributed by atoms with Crippen LogP contribution in [0.1, 0.15) is 44.7 Å². The average molecular weight is 281 g/mol. The molecule has 1 aliphatic rings. The van der Waals surface area contributed by atoms with Gasteiger partial charge in [-0.3, -0.25) is 0 Å². The minimum Gasteiger partial charge on any atom is -0.348 e. The third-order valence-electron chi connectivity index (χ3n) is 4.16. The standard InChI is InChI=1S/C15H27N3S/c1-10(2)16-8-14-13(5)17-15(19-14)18-7-6-11(3)12(4)9-18/h10-12,16H,6-9H2,1-5H3. The fourth-order valence-electron chi connectivity index (χ4n) is 2.45. The molecule has 2 unspecified atom stereocenters. The van der Waals surface area contributed by atoms with Gasteiger partial charge in [-0.25, -0.2) is 4.98 Å². The van der Waals surface area contributed by atoms with Crippen LogP contribution in [-0.4, -0.2) is 24.1 Å². The second-order valence-corrected chi connectivity index (χ2v) is 7.29. The van der Waals surface area contributed by atoms with Crippen molar-refractivity contribution in [1.82, 2.24) is 10.3 Å². The molecule has 108 valence electrons. The second-order valence-electron chi connectivity index (χ2n) is 6.23. The molecule has 1 aromatic heterocycles. The number of aromatic nitrogens is 1. The van der Waals surface area contributed by atoms with Gasteiger partial charge in [0.15, 0.2) is 5.13 Å². The van der Waals surface area contributed by atoms with Crippen LogP contribution in [-0.2, 0) is 6.54 Å². The van der Waals surface area contributed by atoms with E-state index in [1.165, 1.54) is 22.1 Å². The smallest absolute Gasteiger partial charge is 0.185 e. The van der Waals surface area contributed by atoms with Crippen molar-refractivity contribution in [2.45, 2.75) is 53.6 Å². The Balaban J connectivity index is 2.03. The van der Waals surface area contributed by atoms with E-state index in [2.05, 4.69) is 44.8 Å². The molecule has 0 saturated carbocycles. The van der Waals surface area contributed by atoms with E-state index >= 15 is 0 Å². The van der Waals surface area contributed by atoms with Crippen LogP contribution in [0.25, 0.3) is 0 Å². The molecule has 0 amide bonds. The van der Waals surface area contributed by atoms with Gasteiger partial charge in [0.1, 0.15) is 0 Å². The predicted octanol–water partition coefficient (Wildman–Crippen LogP) is 3.43. The zero-order valence-corrected chi connectivity index (χ0v) is 13.7. The van der Waals surface area contributed by atoms with Gasteiger partial charge in [0, 0.05) is 30.6 Å². The lowest BCUT2D eigenvalue weighted by Gasteiger charge is -2.35. The topological polar surface area (TPSA) is 28.2 Å². The highest BCUT2D eigenvalue weighted by Crippen LogP contribution is 2.31. The van der Waals surface area contributed by atoms with Gasteiger partial charge < -0.3 is 10.2 Å². The van der Waals surface area contributed by atoms with Crippen LogP contribution in [0.15, 0.2) is 0 Å². The molecule has 2 heterocycles. The number of nitrogens with one attached hydrogen (secondary N) is 1. The molecule has 2 atom stereocenters. The Morgan fingerprint density at radius 1 is 1.37 bits per heavy atom. The maximum atomic E-state index is 4.78. The summed E-state index contributed by atoms with van der Waals surface area (Å²) in [5, 5.41) is 4.71. The minimum atomic E-state index is 0.529. The van der Waals surface area contributed by atoms with Crippen molar-refractivity contribution in [2.24, 2.45) is 11.8 Å². The summed E-state index contributed by atoms with van der Waals surface area (Å²) >= 11 is 1.86. The van der Waals surface area contributed by atoms with E-state index in [0.29, 0.717) is 6.04 Å². The quantitative estimate of drug-likeness (QED) is 0.916. The van der Waals surface area contributed by atoms with Crippen LogP contribution >= 0.6 is 11.3 Å². The molecule has 0 bridgehead atoms. The number of hydrogen-bond donors (Lipinski definition) is 1. The Labute approximate surface area is 121 Å². The normalized spacial score (nSPS) is 24.2. The summed E-state index contributed by atoms with van der Waals surface area (Å²) in [7, 11) is 0. The molecular weight excluding hydrogens is 254 g/mol. The molecule has 2 rings (SSSR count). The van der Waals surface area contributed by atoms with E-state index in [0.717, 1.165) is 31.5 Å². The zero-order valence-electron chi connectivity index (χ0n) is 12.9. The summed E-state index contributed by atoms with van der Waals surface area (Å²) in [6, 6.07) is 0.529. The van der Waals surface area contributed by atoms with E-state index in [4.69, 9.17) is 4.98 Å². The molecule has 19 heavy (non-hydrogen) atoms. The fourth-order valence-corrected chi connectivity index (χ4v) is 3.49. The molecule has 1 saturated heterocycles. The van der Waals surface area contributed by atoms with Gasteiger partial charge in [0.25, 0.3) is 0 Å². The summed E-state index contributed by atoms with van der Waals surface area (Å²) in [5.41, 5.74) is 1.19. The third kappa shape index (κ3) is 3.69. The Morgan fingerprint density at radius 3 is 2.74 bits per heavy atom. The van der Waals surface area contributed by atoms with Gasteiger partial charge in [-0.1, -0.05) is 27.7 Å². The molecule has 3 nitrogen and oxygen atoms in total. The highest BCUT2D eigenvalue weighted by Gasteiger charge is 2.25. The van der Waals surface area contributed by atoms with Crippen LogP contribution in [0.2, 0.25) is 0 Å². The Bertz CT molecular complexity index is 414. The van der Waals surface area contributed by atoms with Gasteiger partial charge in [0.2, 0.25) is 0 Å². The summed E-state index contributed by atoms with van der Waals surface area (Å²) in [6.07, 6.45) is 1.29. The number of thiazole rings is 1. The van der Waals surface area contributed by atoms with E-state index in [-0.39, 0.29) is 0 Å². The summed E-state index contributed by atoms with van der Waals surface area (Å²) < 4.78 is 0. The van der Waals surface area contributed by atoms with Crippen molar-refractivity contribution < 1.29 is 0 Å². The maximum absolute atomic E-state index is 4.78. The maximum Gasteiger partial charge on any atom is 0.185 e. The molecule has 1 fully saturated rings. The molecule has 1 aliphatic heterocycles. The fraction of sp³-hybridized carbons (Fsp3) is 0.800. The first-order valence-electron chi connectivity index (χ1n) is 7.42. The first-order chi connectivity index (χ1) is 8.97. The molecular formula is C15H27N3S. The first-order valence-corrected chi connectivity index (χ1v) is 8.23. The Hall–Kier alpha value is -0.610. The first kappa shape index (κ1) is 14.8. The SMILES string of the molecule is Cc1nc(N2CCC(C)C(C)C2)sc1CNC(C)C. The summed E-state index contributed by atoms with van der Waals surface area (Å²) in [5.74, 6) is 1.62. The van der Waals surface area contributed by atoms with Gasteiger partial charge >= 0.3 is 0 Å². The average Bonchev–Trinajstić information content (AvgIpc) is 2.71. The van der Waals surface area contributed by atoms with Gasteiger partial charge in [-0.05, 0) is 25.2 Å². The van der Waals surface area contributed by atoms with E-state index in [9.17, 15) is 0 Å². The summed E-state index contributed by atoms with van der Waals surface area (Å²) in [6.45, 7) is 14.5. The molecule has 0 aromatic carbocycles. The lowest BCUT2D eigenvalue weighted by Crippen LogP contribution is -2.38. The predicted molar refractivity (Wildman–Crippen MR) is 84.0 cm³/mol. The van der Waals surface area contributed by atoms with Crippen molar-refractivity contribution in [3.05, 3.63) is 10.6 Å². The summed E-state index contributed by atoms with van der Waals surface area (Å²) in [4.78, 5) is 8.63. The monoisotopic (exact) mass is 281 g/mol. The number of anilines is 1. The molecule has 1 N–H and O–H groups in total. The van der Waals surface area contributed by atoms with Crippen LogP contribution < -0.4 is 10.2 Å². The number of piperidine rings is 1. The van der Waals surface area contributed by atoms with E-state index in [1.807, 2.05) is 11.3 Å². The van der Waals surface area contributed by atoms with Crippen molar-refractivity contribution in [1.29, 1.82) is 0 Å². The Morgan fingerprint density at radius 2 is 2.11 bits per heavy atom. The molecule has 0 aliphatic carbocycles. The molecule has 1 aromatic rings. The number of nitrogens with zero attached hydrogens (tertiary/aromatic N) is 2.